The zero-order valence-electron chi connectivity index (χ0n) is 22.6. The van der Waals surface area contributed by atoms with Gasteiger partial charge >= 0.3 is 11.9 Å². The number of carbonyl (C=O) groups excluding carboxylic acids is 3. The topological polar surface area (TPSA) is 69.7 Å². The van der Waals surface area contributed by atoms with E-state index in [9.17, 15) is 14.4 Å². The van der Waals surface area contributed by atoms with E-state index in [4.69, 9.17) is 9.47 Å². The maximum Gasteiger partial charge on any atom is 0.306 e. The second kappa shape index (κ2) is 9.52. The first-order valence-corrected chi connectivity index (χ1v) is 13.8. The van der Waals surface area contributed by atoms with E-state index in [0.29, 0.717) is 30.6 Å². The summed E-state index contributed by atoms with van der Waals surface area (Å²) >= 11 is 0. The van der Waals surface area contributed by atoms with Gasteiger partial charge in [-0.2, -0.15) is 0 Å². The van der Waals surface area contributed by atoms with Crippen LogP contribution in [0.4, 0.5) is 0 Å². The van der Waals surface area contributed by atoms with Gasteiger partial charge < -0.3 is 9.47 Å². The number of hydrogen-bond acceptors (Lipinski definition) is 5. The van der Waals surface area contributed by atoms with Gasteiger partial charge in [0, 0.05) is 18.8 Å². The maximum atomic E-state index is 13.2. The zero-order chi connectivity index (χ0) is 25.6. The lowest BCUT2D eigenvalue weighted by Gasteiger charge is -2.58. The smallest absolute Gasteiger partial charge is 0.306 e. The third-order valence-corrected chi connectivity index (χ3v) is 10.2. The van der Waals surface area contributed by atoms with Crippen molar-refractivity contribution in [3.8, 4) is 0 Å². The van der Waals surface area contributed by atoms with Gasteiger partial charge in [0.2, 0.25) is 0 Å². The molecule has 4 rings (SSSR count). The summed E-state index contributed by atoms with van der Waals surface area (Å²) in [5, 5.41) is 0. The molecule has 0 aromatic rings. The molecule has 2 fully saturated rings. The minimum Gasteiger partial charge on any atom is -0.458 e. The number of Topliss-reactive ketones (excluding diaryl/α,β-unsaturated/α-hetero) is 1. The van der Waals surface area contributed by atoms with Crippen LogP contribution < -0.4 is 0 Å². The van der Waals surface area contributed by atoms with E-state index >= 15 is 0 Å². The van der Waals surface area contributed by atoms with Crippen LogP contribution in [-0.4, -0.2) is 29.4 Å². The molecule has 0 radical (unpaired) electrons. The normalized spacial score (nSPS) is 39.9. The Bertz CT molecular complexity index is 946. The Kier molecular flexibility index (Phi) is 7.11. The van der Waals surface area contributed by atoms with Crippen LogP contribution in [0.3, 0.4) is 0 Å². The molecule has 0 aromatic heterocycles. The summed E-state index contributed by atoms with van der Waals surface area (Å²) < 4.78 is 11.8. The summed E-state index contributed by atoms with van der Waals surface area (Å²) in [4.78, 5) is 37.6. The quantitative estimate of drug-likeness (QED) is 0.305. The fourth-order valence-electron chi connectivity index (χ4n) is 8.44. The highest BCUT2D eigenvalue weighted by molar-refractivity contribution is 5.89. The summed E-state index contributed by atoms with van der Waals surface area (Å²) in [5.41, 5.74) is 1.30. The summed E-state index contributed by atoms with van der Waals surface area (Å²) in [5.74, 6) is 0.727. The molecule has 0 amide bonds. The van der Waals surface area contributed by atoms with Crippen LogP contribution in [0.5, 0.6) is 0 Å². The Morgan fingerprint density at radius 1 is 0.971 bits per heavy atom. The van der Waals surface area contributed by atoms with Gasteiger partial charge in [-0.3, -0.25) is 14.4 Å². The molecule has 0 aliphatic heterocycles. The average Bonchev–Trinajstić information content (AvgIpc) is 3.08. The molecule has 0 heterocycles. The van der Waals surface area contributed by atoms with Crippen molar-refractivity contribution in [1.82, 2.24) is 0 Å². The van der Waals surface area contributed by atoms with Gasteiger partial charge in [0.05, 0.1) is 0 Å². The molecule has 194 valence electrons. The number of rotatable bonds is 7. The maximum absolute atomic E-state index is 13.2. The van der Waals surface area contributed by atoms with Crippen molar-refractivity contribution in [2.45, 2.75) is 117 Å². The minimum absolute atomic E-state index is 0.00925. The average molecular weight is 485 g/mol. The lowest BCUT2D eigenvalue weighted by molar-refractivity contribution is -0.187. The third-order valence-electron chi connectivity index (χ3n) is 10.2. The molecule has 0 saturated heterocycles. The molecule has 5 nitrogen and oxygen atoms in total. The molecule has 35 heavy (non-hydrogen) atoms. The monoisotopic (exact) mass is 484 g/mol. The van der Waals surface area contributed by atoms with E-state index in [-0.39, 0.29) is 34.7 Å². The zero-order valence-corrected chi connectivity index (χ0v) is 22.6. The van der Waals surface area contributed by atoms with Crippen LogP contribution >= 0.6 is 0 Å². The van der Waals surface area contributed by atoms with Gasteiger partial charge in [0.15, 0.2) is 11.4 Å². The first-order chi connectivity index (χ1) is 16.5. The molecule has 7 atom stereocenters. The first-order valence-electron chi connectivity index (χ1n) is 13.8. The number of allylic oxidation sites excluding steroid dienone is 3. The van der Waals surface area contributed by atoms with E-state index in [1.54, 1.807) is 6.92 Å². The van der Waals surface area contributed by atoms with E-state index in [1.165, 1.54) is 18.1 Å². The molecule has 0 N–H and O–H groups in total. The van der Waals surface area contributed by atoms with E-state index in [0.717, 1.165) is 51.4 Å². The highest BCUT2D eigenvalue weighted by Crippen LogP contribution is 2.68. The second-order valence-electron chi connectivity index (χ2n) is 12.1. The number of unbranched alkanes of at least 4 members (excludes halogenated alkanes) is 2. The number of esters is 2. The van der Waals surface area contributed by atoms with Gasteiger partial charge in [-0.25, -0.2) is 0 Å². The molecule has 2 saturated carbocycles. The SMILES string of the molecule is CCCCCC(=O)O[C@]1(C(C)=O)CC[C@@H]2[C@@H]3C=C(C)C4=C[C@@H](OC(C)=O)CC[C@]4(C)[C@H]3CC[C@@]21C. The van der Waals surface area contributed by atoms with Crippen molar-refractivity contribution in [3.05, 3.63) is 23.3 Å². The number of carbonyl (C=O) groups is 3. The minimum atomic E-state index is -1.00. The van der Waals surface area contributed by atoms with E-state index in [1.807, 2.05) is 0 Å². The van der Waals surface area contributed by atoms with Gasteiger partial charge in [0.1, 0.15) is 6.10 Å². The Balaban J connectivity index is 1.64. The third kappa shape index (κ3) is 4.21. The predicted octanol–water partition coefficient (Wildman–Crippen LogP) is 6.50. The van der Waals surface area contributed by atoms with Crippen LogP contribution in [0.2, 0.25) is 0 Å². The lowest BCUT2D eigenvalue weighted by atomic mass is 9.47. The van der Waals surface area contributed by atoms with Crippen molar-refractivity contribution >= 4 is 17.7 Å². The highest BCUT2D eigenvalue weighted by Gasteiger charge is 2.67. The van der Waals surface area contributed by atoms with Crippen molar-refractivity contribution in [2.24, 2.45) is 28.6 Å². The molecule has 0 spiro atoms. The second-order valence-corrected chi connectivity index (χ2v) is 12.1. The largest absolute Gasteiger partial charge is 0.458 e. The Morgan fingerprint density at radius 2 is 1.69 bits per heavy atom. The van der Waals surface area contributed by atoms with Crippen LogP contribution in [0.25, 0.3) is 0 Å². The van der Waals surface area contributed by atoms with Crippen molar-refractivity contribution < 1.29 is 23.9 Å². The summed E-state index contributed by atoms with van der Waals surface area (Å²) in [7, 11) is 0. The molecule has 4 aliphatic carbocycles. The van der Waals surface area contributed by atoms with E-state index in [2.05, 4.69) is 39.8 Å². The molecular formula is C30H44O5. The Hall–Kier alpha value is -1.91. The van der Waals surface area contributed by atoms with Gasteiger partial charge in [0.25, 0.3) is 0 Å². The molecule has 0 unspecified atom stereocenters. The lowest BCUT2D eigenvalue weighted by Crippen LogP contribution is -2.58. The number of hydrogen-bond donors (Lipinski definition) is 0. The van der Waals surface area contributed by atoms with Crippen LogP contribution in [0.1, 0.15) is 106 Å². The Labute approximate surface area is 211 Å². The molecule has 0 bridgehead atoms. The van der Waals surface area contributed by atoms with Gasteiger partial charge in [-0.05, 0) is 93.6 Å². The molecule has 4 aliphatic rings. The Morgan fingerprint density at radius 3 is 2.34 bits per heavy atom. The summed E-state index contributed by atoms with van der Waals surface area (Å²) in [6, 6.07) is 0. The van der Waals surface area contributed by atoms with E-state index < -0.39 is 5.60 Å². The predicted molar refractivity (Wildman–Crippen MR) is 135 cm³/mol. The van der Waals surface area contributed by atoms with Crippen molar-refractivity contribution in [2.75, 3.05) is 0 Å². The first kappa shape index (κ1) is 26.2. The molecular weight excluding hydrogens is 440 g/mol. The molecule has 0 aromatic carbocycles. The summed E-state index contributed by atoms with van der Waals surface area (Å²) in [6.45, 7) is 12.0. The van der Waals surface area contributed by atoms with Crippen LogP contribution in [-0.2, 0) is 23.9 Å². The van der Waals surface area contributed by atoms with Crippen LogP contribution in [0.15, 0.2) is 23.3 Å². The van der Waals surface area contributed by atoms with Gasteiger partial charge in [-0.1, -0.05) is 45.3 Å². The van der Waals surface area contributed by atoms with Crippen molar-refractivity contribution in [1.29, 1.82) is 0 Å². The highest BCUT2D eigenvalue weighted by atomic mass is 16.6. The number of ether oxygens (including phenoxy) is 2. The fourth-order valence-corrected chi connectivity index (χ4v) is 8.44. The van der Waals surface area contributed by atoms with Gasteiger partial charge in [-0.15, -0.1) is 0 Å². The van der Waals surface area contributed by atoms with Crippen molar-refractivity contribution in [3.63, 3.8) is 0 Å². The number of ketones is 1. The number of fused-ring (bicyclic) bond motifs is 5. The standard InChI is InChI=1S/C30H44O5/c1-7-8-9-10-27(33)35-30(20(3)31)16-13-25-23-17-19(2)26-18-22(34-21(4)32)11-14-28(26,5)24(23)12-15-29(25,30)6/h17-18,22-25H,7-16H2,1-6H3/t22-,23+,24-,25+,28+,29-,30-/m0/s1. The molecule has 5 heteroatoms. The summed E-state index contributed by atoms with van der Waals surface area (Å²) in [6.07, 6.45) is 13.0. The van der Waals surface area contributed by atoms with Crippen LogP contribution in [0, 0.1) is 28.6 Å². The fraction of sp³-hybridized carbons (Fsp3) is 0.767.